The van der Waals surface area contributed by atoms with Gasteiger partial charge >= 0.3 is 0 Å². The molecule has 0 saturated carbocycles. The van der Waals surface area contributed by atoms with E-state index in [4.69, 9.17) is 4.74 Å². The minimum atomic E-state index is -0.0641. The SMILES string of the molecule is O=C(CN1CCC(NC(=O)c2ccc(COc3ccccc3)cc2)CC1)Nc1ccccc1. The predicted octanol–water partition coefficient (Wildman–Crippen LogP) is 4.10. The van der Waals surface area contributed by atoms with Crippen LogP contribution in [0.4, 0.5) is 5.69 Å². The summed E-state index contributed by atoms with van der Waals surface area (Å²) in [4.78, 5) is 27.0. The van der Waals surface area contributed by atoms with Gasteiger partial charge in [0.1, 0.15) is 12.4 Å². The summed E-state index contributed by atoms with van der Waals surface area (Å²) in [6, 6.07) is 26.8. The van der Waals surface area contributed by atoms with Crippen LogP contribution in [0.3, 0.4) is 0 Å². The summed E-state index contributed by atoms with van der Waals surface area (Å²) in [7, 11) is 0. The Balaban J connectivity index is 1.18. The van der Waals surface area contributed by atoms with E-state index >= 15 is 0 Å². The molecule has 3 aromatic rings. The number of amides is 2. The summed E-state index contributed by atoms with van der Waals surface area (Å²) in [6.45, 7) is 2.39. The van der Waals surface area contributed by atoms with E-state index < -0.39 is 0 Å². The van der Waals surface area contributed by atoms with Gasteiger partial charge in [-0.05, 0) is 54.8 Å². The van der Waals surface area contributed by atoms with Gasteiger partial charge in [0.25, 0.3) is 5.91 Å². The van der Waals surface area contributed by atoms with E-state index in [9.17, 15) is 9.59 Å². The van der Waals surface area contributed by atoms with E-state index in [0.29, 0.717) is 18.7 Å². The van der Waals surface area contributed by atoms with Crippen LogP contribution in [0.5, 0.6) is 5.75 Å². The van der Waals surface area contributed by atoms with Crippen molar-refractivity contribution in [3.05, 3.63) is 96.1 Å². The van der Waals surface area contributed by atoms with Gasteiger partial charge in [0.2, 0.25) is 5.91 Å². The van der Waals surface area contributed by atoms with Gasteiger partial charge in [-0.2, -0.15) is 0 Å². The van der Waals surface area contributed by atoms with Gasteiger partial charge in [0.15, 0.2) is 0 Å². The van der Waals surface area contributed by atoms with Crippen molar-refractivity contribution in [2.45, 2.75) is 25.5 Å². The Kier molecular flexibility index (Phi) is 7.72. The van der Waals surface area contributed by atoms with Crippen LogP contribution in [0.2, 0.25) is 0 Å². The minimum Gasteiger partial charge on any atom is -0.489 e. The van der Waals surface area contributed by atoms with E-state index in [0.717, 1.165) is 42.9 Å². The summed E-state index contributed by atoms with van der Waals surface area (Å²) >= 11 is 0. The number of carbonyl (C=O) groups excluding carboxylic acids is 2. The number of anilines is 1. The lowest BCUT2D eigenvalue weighted by atomic mass is 10.0. The molecule has 3 aromatic carbocycles. The van der Waals surface area contributed by atoms with Crippen LogP contribution in [-0.2, 0) is 11.4 Å². The molecule has 0 aliphatic carbocycles. The fourth-order valence-electron chi connectivity index (χ4n) is 3.86. The molecule has 1 aliphatic heterocycles. The van der Waals surface area contributed by atoms with Crippen molar-refractivity contribution in [1.29, 1.82) is 0 Å². The first-order valence-corrected chi connectivity index (χ1v) is 11.3. The lowest BCUT2D eigenvalue weighted by Gasteiger charge is -2.31. The van der Waals surface area contributed by atoms with E-state index in [1.54, 1.807) is 0 Å². The molecule has 170 valence electrons. The molecule has 6 heteroatoms. The second-order valence-electron chi connectivity index (χ2n) is 8.24. The topological polar surface area (TPSA) is 70.7 Å². The van der Waals surface area contributed by atoms with Crippen molar-refractivity contribution in [3.8, 4) is 5.75 Å². The Morgan fingerprint density at radius 2 is 1.48 bits per heavy atom. The van der Waals surface area contributed by atoms with Crippen molar-refractivity contribution < 1.29 is 14.3 Å². The molecule has 1 heterocycles. The summed E-state index contributed by atoms with van der Waals surface area (Å²) in [5.74, 6) is 0.744. The Morgan fingerprint density at radius 3 is 2.15 bits per heavy atom. The first kappa shape index (κ1) is 22.6. The molecule has 33 heavy (non-hydrogen) atoms. The average Bonchev–Trinajstić information content (AvgIpc) is 2.85. The monoisotopic (exact) mass is 443 g/mol. The van der Waals surface area contributed by atoms with E-state index in [1.807, 2.05) is 84.9 Å². The number of ether oxygens (including phenoxy) is 1. The van der Waals surface area contributed by atoms with Gasteiger partial charge in [0.05, 0.1) is 6.54 Å². The quantitative estimate of drug-likeness (QED) is 0.550. The van der Waals surface area contributed by atoms with Gasteiger partial charge in [-0.15, -0.1) is 0 Å². The van der Waals surface area contributed by atoms with E-state index in [2.05, 4.69) is 15.5 Å². The van der Waals surface area contributed by atoms with Gasteiger partial charge < -0.3 is 15.4 Å². The van der Waals surface area contributed by atoms with Gasteiger partial charge in [-0.3, -0.25) is 14.5 Å². The van der Waals surface area contributed by atoms with Crippen LogP contribution in [0.25, 0.3) is 0 Å². The Hall–Kier alpha value is -3.64. The fraction of sp³-hybridized carbons (Fsp3) is 0.259. The number of carbonyl (C=O) groups is 2. The number of rotatable bonds is 8. The maximum Gasteiger partial charge on any atom is 0.251 e. The molecule has 0 bridgehead atoms. The van der Waals surface area contributed by atoms with Crippen molar-refractivity contribution in [2.24, 2.45) is 0 Å². The van der Waals surface area contributed by atoms with Gasteiger partial charge in [-0.1, -0.05) is 48.5 Å². The fourth-order valence-corrected chi connectivity index (χ4v) is 3.86. The third-order valence-corrected chi connectivity index (χ3v) is 5.71. The first-order chi connectivity index (χ1) is 16.2. The summed E-state index contributed by atoms with van der Waals surface area (Å²) in [5, 5.41) is 6.05. The van der Waals surface area contributed by atoms with Crippen LogP contribution in [0.1, 0.15) is 28.8 Å². The van der Waals surface area contributed by atoms with Crippen LogP contribution in [0, 0.1) is 0 Å². The molecule has 0 aromatic heterocycles. The smallest absolute Gasteiger partial charge is 0.251 e. The molecular weight excluding hydrogens is 414 g/mol. The molecule has 1 saturated heterocycles. The highest BCUT2D eigenvalue weighted by Crippen LogP contribution is 2.14. The number of hydrogen-bond acceptors (Lipinski definition) is 4. The summed E-state index contributed by atoms with van der Waals surface area (Å²) < 4.78 is 5.75. The van der Waals surface area contributed by atoms with Crippen LogP contribution < -0.4 is 15.4 Å². The van der Waals surface area contributed by atoms with E-state index in [-0.39, 0.29) is 17.9 Å². The first-order valence-electron chi connectivity index (χ1n) is 11.3. The Morgan fingerprint density at radius 1 is 0.848 bits per heavy atom. The molecule has 0 radical (unpaired) electrons. The van der Waals surface area contributed by atoms with Gasteiger partial charge in [-0.25, -0.2) is 0 Å². The number of nitrogens with zero attached hydrogens (tertiary/aromatic N) is 1. The maximum absolute atomic E-state index is 12.6. The van der Waals surface area contributed by atoms with Crippen LogP contribution in [-0.4, -0.2) is 42.4 Å². The molecule has 1 aliphatic rings. The number of likely N-dealkylation sites (tertiary alicyclic amines) is 1. The molecular formula is C27H29N3O3. The van der Waals surface area contributed by atoms with Crippen LogP contribution >= 0.6 is 0 Å². The van der Waals surface area contributed by atoms with Gasteiger partial charge in [0, 0.05) is 30.4 Å². The molecule has 2 N–H and O–H groups in total. The molecule has 0 atom stereocenters. The van der Waals surface area contributed by atoms with E-state index in [1.165, 1.54) is 0 Å². The largest absolute Gasteiger partial charge is 0.489 e. The molecule has 1 fully saturated rings. The molecule has 4 rings (SSSR count). The second-order valence-corrected chi connectivity index (χ2v) is 8.24. The zero-order chi connectivity index (χ0) is 22.9. The molecule has 0 spiro atoms. The third kappa shape index (κ3) is 6.92. The highest BCUT2D eigenvalue weighted by molar-refractivity contribution is 5.94. The van der Waals surface area contributed by atoms with Crippen molar-refractivity contribution in [3.63, 3.8) is 0 Å². The highest BCUT2D eigenvalue weighted by Gasteiger charge is 2.22. The standard InChI is InChI=1S/C27H29N3O3/c31-26(28-23-7-3-1-4-8-23)19-30-17-15-24(16-18-30)29-27(32)22-13-11-21(12-14-22)20-33-25-9-5-2-6-10-25/h1-14,24H,15-20H2,(H,28,31)(H,29,32). The normalized spacial score (nSPS) is 14.4. The zero-order valence-electron chi connectivity index (χ0n) is 18.6. The molecule has 2 amide bonds. The summed E-state index contributed by atoms with van der Waals surface area (Å²) in [5.41, 5.74) is 2.46. The number of para-hydroxylation sites is 2. The minimum absolute atomic E-state index is 0.0139. The summed E-state index contributed by atoms with van der Waals surface area (Å²) in [6.07, 6.45) is 1.65. The van der Waals surface area contributed by atoms with Crippen molar-refractivity contribution >= 4 is 17.5 Å². The van der Waals surface area contributed by atoms with Crippen molar-refractivity contribution in [2.75, 3.05) is 25.0 Å². The number of nitrogens with one attached hydrogen (secondary N) is 2. The number of hydrogen-bond donors (Lipinski definition) is 2. The van der Waals surface area contributed by atoms with Crippen LogP contribution in [0.15, 0.2) is 84.9 Å². The molecule has 6 nitrogen and oxygen atoms in total. The third-order valence-electron chi connectivity index (χ3n) is 5.71. The Bertz CT molecular complexity index is 1030. The Labute approximate surface area is 194 Å². The molecule has 0 unspecified atom stereocenters. The lowest BCUT2D eigenvalue weighted by molar-refractivity contribution is -0.117. The maximum atomic E-state index is 12.6. The zero-order valence-corrected chi connectivity index (χ0v) is 18.6. The average molecular weight is 444 g/mol. The van der Waals surface area contributed by atoms with Crippen molar-refractivity contribution in [1.82, 2.24) is 10.2 Å². The second kappa shape index (κ2) is 11.3. The lowest BCUT2D eigenvalue weighted by Crippen LogP contribution is -2.46. The predicted molar refractivity (Wildman–Crippen MR) is 129 cm³/mol. The number of benzene rings is 3. The highest BCUT2D eigenvalue weighted by atomic mass is 16.5. The number of piperidine rings is 1.